The molecule has 3 nitrogen and oxygen atoms in total. The van der Waals surface area contributed by atoms with Crippen molar-refractivity contribution in [2.75, 3.05) is 26.2 Å². The molecule has 0 aromatic heterocycles. The maximum absolute atomic E-state index is 12.0. The van der Waals surface area contributed by atoms with Gasteiger partial charge in [-0.2, -0.15) is 8.78 Å². The van der Waals surface area contributed by atoms with E-state index in [4.69, 9.17) is 0 Å². The standard InChI is InChI=1S/C15H24F2N2O/c1-3-10-19(4-2)11-9-18-12-13-5-7-14(8-6-13)20-15(16)17/h5-8,15,18H,3-4,9-12H2,1-2H3. The summed E-state index contributed by atoms with van der Waals surface area (Å²) in [5, 5.41) is 3.35. The number of nitrogens with zero attached hydrogens (tertiary/aromatic N) is 1. The first-order chi connectivity index (χ1) is 9.65. The van der Waals surface area contributed by atoms with Gasteiger partial charge in [0, 0.05) is 19.6 Å². The molecule has 0 bridgehead atoms. The fourth-order valence-electron chi connectivity index (χ4n) is 2.00. The summed E-state index contributed by atoms with van der Waals surface area (Å²) in [4.78, 5) is 2.40. The summed E-state index contributed by atoms with van der Waals surface area (Å²) in [6.07, 6.45) is 1.17. The summed E-state index contributed by atoms with van der Waals surface area (Å²) in [6, 6.07) is 6.74. The molecule has 0 saturated heterocycles. The topological polar surface area (TPSA) is 24.5 Å². The Morgan fingerprint density at radius 3 is 2.40 bits per heavy atom. The van der Waals surface area contributed by atoms with Crippen LogP contribution in [-0.2, 0) is 6.54 Å². The van der Waals surface area contributed by atoms with Crippen molar-refractivity contribution < 1.29 is 13.5 Å². The maximum atomic E-state index is 12.0. The molecule has 1 rings (SSSR count). The zero-order chi connectivity index (χ0) is 14.8. The van der Waals surface area contributed by atoms with Crippen molar-refractivity contribution >= 4 is 0 Å². The van der Waals surface area contributed by atoms with Crippen LogP contribution in [0.5, 0.6) is 5.75 Å². The molecule has 1 N–H and O–H groups in total. The summed E-state index contributed by atoms with van der Waals surface area (Å²) in [7, 11) is 0. The Morgan fingerprint density at radius 1 is 1.15 bits per heavy atom. The second kappa shape index (κ2) is 9.66. The average molecular weight is 286 g/mol. The van der Waals surface area contributed by atoms with E-state index in [2.05, 4.69) is 28.8 Å². The minimum Gasteiger partial charge on any atom is -0.435 e. The third-order valence-electron chi connectivity index (χ3n) is 3.07. The zero-order valence-electron chi connectivity index (χ0n) is 12.2. The van der Waals surface area contributed by atoms with Crippen LogP contribution < -0.4 is 10.1 Å². The van der Waals surface area contributed by atoms with Crippen molar-refractivity contribution in [1.82, 2.24) is 10.2 Å². The number of hydrogen-bond donors (Lipinski definition) is 1. The molecule has 1 aromatic carbocycles. The summed E-state index contributed by atoms with van der Waals surface area (Å²) < 4.78 is 28.3. The Morgan fingerprint density at radius 2 is 1.85 bits per heavy atom. The van der Waals surface area contributed by atoms with E-state index in [9.17, 15) is 8.78 Å². The molecule has 0 atom stereocenters. The number of nitrogens with one attached hydrogen (secondary N) is 1. The SMILES string of the molecule is CCCN(CC)CCNCc1ccc(OC(F)F)cc1. The van der Waals surface area contributed by atoms with Crippen molar-refractivity contribution in [3.8, 4) is 5.75 Å². The summed E-state index contributed by atoms with van der Waals surface area (Å²) in [5.74, 6) is 0.198. The molecule has 114 valence electrons. The first-order valence-corrected chi connectivity index (χ1v) is 7.12. The molecule has 1 aromatic rings. The Hall–Kier alpha value is -1.20. The normalized spacial score (nSPS) is 11.3. The molecule has 0 aliphatic rings. The number of hydrogen-bond acceptors (Lipinski definition) is 3. The molecule has 5 heteroatoms. The van der Waals surface area contributed by atoms with Crippen LogP contribution in [-0.4, -0.2) is 37.7 Å². The number of halogens is 2. The van der Waals surface area contributed by atoms with Gasteiger partial charge in [-0.3, -0.25) is 0 Å². The second-order valence-corrected chi connectivity index (χ2v) is 4.63. The van der Waals surface area contributed by atoms with Crippen LogP contribution in [0.1, 0.15) is 25.8 Å². The van der Waals surface area contributed by atoms with Crippen LogP contribution in [0.25, 0.3) is 0 Å². The average Bonchev–Trinajstić information content (AvgIpc) is 2.43. The van der Waals surface area contributed by atoms with Gasteiger partial charge < -0.3 is 15.0 Å². The van der Waals surface area contributed by atoms with Gasteiger partial charge in [0.15, 0.2) is 0 Å². The molecule has 0 amide bonds. The molecule has 0 radical (unpaired) electrons. The largest absolute Gasteiger partial charge is 0.435 e. The number of ether oxygens (including phenoxy) is 1. The molecule has 0 heterocycles. The molecule has 0 aliphatic heterocycles. The molecule has 0 saturated carbocycles. The number of likely N-dealkylation sites (N-methyl/N-ethyl adjacent to an activating group) is 1. The second-order valence-electron chi connectivity index (χ2n) is 4.63. The molecule has 20 heavy (non-hydrogen) atoms. The fourth-order valence-corrected chi connectivity index (χ4v) is 2.00. The number of alkyl halides is 2. The summed E-state index contributed by atoms with van der Waals surface area (Å²) in [5.41, 5.74) is 1.06. The maximum Gasteiger partial charge on any atom is 0.387 e. The van der Waals surface area contributed by atoms with Crippen molar-refractivity contribution in [1.29, 1.82) is 0 Å². The van der Waals surface area contributed by atoms with E-state index in [1.807, 2.05) is 0 Å². The highest BCUT2D eigenvalue weighted by Crippen LogP contribution is 2.14. The minimum atomic E-state index is -2.77. The van der Waals surface area contributed by atoms with E-state index in [1.54, 1.807) is 24.3 Å². The minimum absolute atomic E-state index is 0.198. The van der Waals surface area contributed by atoms with Gasteiger partial charge in [-0.1, -0.05) is 26.0 Å². The van der Waals surface area contributed by atoms with E-state index in [1.165, 1.54) is 6.42 Å². The summed E-state index contributed by atoms with van der Waals surface area (Å²) in [6.45, 7) is 6.44. The van der Waals surface area contributed by atoms with E-state index in [0.717, 1.165) is 38.3 Å². The van der Waals surface area contributed by atoms with Crippen molar-refractivity contribution in [2.24, 2.45) is 0 Å². The van der Waals surface area contributed by atoms with Crippen LogP contribution >= 0.6 is 0 Å². The van der Waals surface area contributed by atoms with E-state index in [-0.39, 0.29) is 5.75 Å². The van der Waals surface area contributed by atoms with Gasteiger partial charge in [0.05, 0.1) is 0 Å². The number of rotatable bonds is 10. The van der Waals surface area contributed by atoms with E-state index < -0.39 is 6.61 Å². The fraction of sp³-hybridized carbons (Fsp3) is 0.600. The van der Waals surface area contributed by atoms with Crippen molar-refractivity contribution in [3.63, 3.8) is 0 Å². The molecule has 0 fully saturated rings. The quantitative estimate of drug-likeness (QED) is 0.669. The molecule has 0 spiro atoms. The van der Waals surface area contributed by atoms with Gasteiger partial charge >= 0.3 is 6.61 Å². The van der Waals surface area contributed by atoms with Crippen LogP contribution in [0.15, 0.2) is 24.3 Å². The van der Waals surface area contributed by atoms with E-state index >= 15 is 0 Å². The Bertz CT molecular complexity index is 357. The highest BCUT2D eigenvalue weighted by atomic mass is 19.3. The van der Waals surface area contributed by atoms with Crippen LogP contribution in [0.4, 0.5) is 8.78 Å². The van der Waals surface area contributed by atoms with E-state index in [0.29, 0.717) is 0 Å². The highest BCUT2D eigenvalue weighted by Gasteiger charge is 2.04. The third-order valence-corrected chi connectivity index (χ3v) is 3.07. The van der Waals surface area contributed by atoms with Gasteiger partial charge in [-0.15, -0.1) is 0 Å². The molecular formula is C15H24F2N2O. The highest BCUT2D eigenvalue weighted by molar-refractivity contribution is 5.27. The van der Waals surface area contributed by atoms with Gasteiger partial charge in [0.1, 0.15) is 5.75 Å². The van der Waals surface area contributed by atoms with Crippen LogP contribution in [0.3, 0.4) is 0 Å². The lowest BCUT2D eigenvalue weighted by atomic mass is 10.2. The van der Waals surface area contributed by atoms with Crippen molar-refractivity contribution in [2.45, 2.75) is 33.4 Å². The molecule has 0 unspecified atom stereocenters. The predicted octanol–water partition coefficient (Wildman–Crippen LogP) is 3.11. The lowest BCUT2D eigenvalue weighted by Crippen LogP contribution is -2.32. The smallest absolute Gasteiger partial charge is 0.387 e. The first-order valence-electron chi connectivity index (χ1n) is 7.12. The van der Waals surface area contributed by atoms with Gasteiger partial charge in [0.25, 0.3) is 0 Å². The van der Waals surface area contributed by atoms with Gasteiger partial charge in [0.2, 0.25) is 0 Å². The monoisotopic (exact) mass is 286 g/mol. The molecular weight excluding hydrogens is 262 g/mol. The predicted molar refractivity (Wildman–Crippen MR) is 77.2 cm³/mol. The van der Waals surface area contributed by atoms with Crippen LogP contribution in [0.2, 0.25) is 0 Å². The van der Waals surface area contributed by atoms with Crippen LogP contribution in [0, 0.1) is 0 Å². The Balaban J connectivity index is 2.24. The Labute approximate surface area is 119 Å². The van der Waals surface area contributed by atoms with Crippen molar-refractivity contribution in [3.05, 3.63) is 29.8 Å². The number of benzene rings is 1. The lowest BCUT2D eigenvalue weighted by molar-refractivity contribution is -0.0498. The summed E-state index contributed by atoms with van der Waals surface area (Å²) >= 11 is 0. The van der Waals surface area contributed by atoms with Gasteiger partial charge in [-0.25, -0.2) is 0 Å². The Kier molecular flexibility index (Phi) is 8.14. The first kappa shape index (κ1) is 16.9. The zero-order valence-corrected chi connectivity index (χ0v) is 12.2. The van der Waals surface area contributed by atoms with Gasteiger partial charge in [-0.05, 0) is 37.2 Å². The molecule has 0 aliphatic carbocycles. The lowest BCUT2D eigenvalue weighted by Gasteiger charge is -2.19. The third kappa shape index (κ3) is 6.82.